The summed E-state index contributed by atoms with van der Waals surface area (Å²) in [7, 11) is 0. The van der Waals surface area contributed by atoms with Crippen molar-refractivity contribution in [3.63, 3.8) is 0 Å². The summed E-state index contributed by atoms with van der Waals surface area (Å²) >= 11 is 0. The SMILES string of the molecule is Cl.NC1CC(=O)N(C2CC2c2ccccc2)C1. The molecular formula is C13H17ClN2O. The molecule has 0 aromatic heterocycles. The minimum Gasteiger partial charge on any atom is -0.337 e. The Balaban J connectivity index is 0.00000108. The first-order chi connectivity index (χ1) is 7.75. The second kappa shape index (κ2) is 4.67. The molecule has 1 aliphatic carbocycles. The van der Waals surface area contributed by atoms with Crippen molar-refractivity contribution in [2.75, 3.05) is 6.54 Å². The minimum absolute atomic E-state index is 0. The molecule has 92 valence electrons. The molecule has 2 N–H and O–H groups in total. The molecule has 3 unspecified atom stereocenters. The van der Waals surface area contributed by atoms with Crippen molar-refractivity contribution >= 4 is 18.3 Å². The number of nitrogens with two attached hydrogens (primary N) is 1. The maximum absolute atomic E-state index is 11.7. The van der Waals surface area contributed by atoms with Gasteiger partial charge in [0, 0.05) is 31.0 Å². The lowest BCUT2D eigenvalue weighted by Gasteiger charge is -2.15. The molecule has 1 aliphatic heterocycles. The first kappa shape index (κ1) is 12.4. The lowest BCUT2D eigenvalue weighted by molar-refractivity contribution is -0.128. The van der Waals surface area contributed by atoms with E-state index < -0.39 is 0 Å². The van der Waals surface area contributed by atoms with Crippen LogP contribution in [0.4, 0.5) is 0 Å². The van der Waals surface area contributed by atoms with E-state index in [1.165, 1.54) is 5.56 Å². The minimum atomic E-state index is 0. The molecule has 0 bridgehead atoms. The fourth-order valence-electron chi connectivity index (χ4n) is 2.67. The second-order valence-electron chi connectivity index (χ2n) is 4.83. The zero-order valence-corrected chi connectivity index (χ0v) is 10.4. The largest absolute Gasteiger partial charge is 0.337 e. The maximum atomic E-state index is 11.7. The lowest BCUT2D eigenvalue weighted by atomic mass is 10.1. The van der Waals surface area contributed by atoms with E-state index in [0.29, 0.717) is 18.4 Å². The van der Waals surface area contributed by atoms with Crippen LogP contribution in [0.25, 0.3) is 0 Å². The van der Waals surface area contributed by atoms with E-state index >= 15 is 0 Å². The predicted octanol–water partition coefficient (Wildman–Crippen LogP) is 1.52. The topological polar surface area (TPSA) is 46.3 Å². The zero-order valence-electron chi connectivity index (χ0n) is 9.58. The third kappa shape index (κ3) is 2.31. The van der Waals surface area contributed by atoms with Crippen molar-refractivity contribution in [3.8, 4) is 0 Å². The summed E-state index contributed by atoms with van der Waals surface area (Å²) in [6.07, 6.45) is 1.63. The molecule has 1 saturated carbocycles. The highest BCUT2D eigenvalue weighted by Crippen LogP contribution is 2.45. The Morgan fingerprint density at radius 2 is 1.94 bits per heavy atom. The number of hydrogen-bond acceptors (Lipinski definition) is 2. The molecule has 4 heteroatoms. The molecule has 0 radical (unpaired) electrons. The summed E-state index contributed by atoms with van der Waals surface area (Å²) in [6, 6.07) is 10.9. The van der Waals surface area contributed by atoms with Crippen LogP contribution in [0.3, 0.4) is 0 Å². The molecule has 0 spiro atoms. The average Bonchev–Trinajstić information content (AvgIpc) is 3.00. The van der Waals surface area contributed by atoms with Crippen LogP contribution in [-0.2, 0) is 4.79 Å². The first-order valence-electron chi connectivity index (χ1n) is 5.85. The Labute approximate surface area is 107 Å². The summed E-state index contributed by atoms with van der Waals surface area (Å²) in [5.74, 6) is 0.770. The summed E-state index contributed by atoms with van der Waals surface area (Å²) < 4.78 is 0. The highest BCUT2D eigenvalue weighted by Gasteiger charge is 2.47. The van der Waals surface area contributed by atoms with E-state index in [4.69, 9.17) is 5.73 Å². The number of likely N-dealkylation sites (tertiary alicyclic amines) is 1. The molecule has 1 aromatic carbocycles. The normalized spacial score (nSPS) is 31.2. The highest BCUT2D eigenvalue weighted by molar-refractivity contribution is 5.85. The smallest absolute Gasteiger partial charge is 0.224 e. The third-order valence-electron chi connectivity index (χ3n) is 3.57. The zero-order chi connectivity index (χ0) is 11.1. The molecule has 1 amide bonds. The van der Waals surface area contributed by atoms with Crippen molar-refractivity contribution in [1.82, 2.24) is 4.90 Å². The maximum Gasteiger partial charge on any atom is 0.224 e. The lowest BCUT2D eigenvalue weighted by Crippen LogP contribution is -2.30. The molecule has 1 saturated heterocycles. The van der Waals surface area contributed by atoms with Crippen LogP contribution in [-0.4, -0.2) is 29.4 Å². The molecule has 3 rings (SSSR count). The molecule has 17 heavy (non-hydrogen) atoms. The Kier molecular flexibility index (Phi) is 3.40. The van der Waals surface area contributed by atoms with Gasteiger partial charge in [0.2, 0.25) is 5.91 Å². The van der Waals surface area contributed by atoms with Gasteiger partial charge in [-0.2, -0.15) is 0 Å². The van der Waals surface area contributed by atoms with Crippen molar-refractivity contribution < 1.29 is 4.79 Å². The van der Waals surface area contributed by atoms with Crippen LogP contribution < -0.4 is 5.73 Å². The average molecular weight is 253 g/mol. The fraction of sp³-hybridized carbons (Fsp3) is 0.462. The predicted molar refractivity (Wildman–Crippen MR) is 69.1 cm³/mol. The van der Waals surface area contributed by atoms with Crippen LogP contribution in [0.2, 0.25) is 0 Å². The van der Waals surface area contributed by atoms with Gasteiger partial charge in [0.15, 0.2) is 0 Å². The number of carbonyl (C=O) groups is 1. The van der Waals surface area contributed by atoms with E-state index in [-0.39, 0.29) is 24.4 Å². The van der Waals surface area contributed by atoms with E-state index in [9.17, 15) is 4.79 Å². The first-order valence-corrected chi connectivity index (χ1v) is 5.85. The monoisotopic (exact) mass is 252 g/mol. The van der Waals surface area contributed by atoms with Crippen LogP contribution in [0.5, 0.6) is 0 Å². The van der Waals surface area contributed by atoms with Gasteiger partial charge in [-0.3, -0.25) is 4.79 Å². The van der Waals surface area contributed by atoms with Gasteiger partial charge in [0.25, 0.3) is 0 Å². The Morgan fingerprint density at radius 1 is 1.24 bits per heavy atom. The van der Waals surface area contributed by atoms with E-state index in [2.05, 4.69) is 24.3 Å². The highest BCUT2D eigenvalue weighted by atomic mass is 35.5. The summed E-state index contributed by atoms with van der Waals surface area (Å²) in [4.78, 5) is 13.7. The van der Waals surface area contributed by atoms with Crippen LogP contribution in [0.15, 0.2) is 30.3 Å². The van der Waals surface area contributed by atoms with E-state index in [1.807, 2.05) is 11.0 Å². The molecule has 3 atom stereocenters. The van der Waals surface area contributed by atoms with Gasteiger partial charge in [-0.25, -0.2) is 0 Å². The quantitative estimate of drug-likeness (QED) is 0.868. The van der Waals surface area contributed by atoms with Crippen molar-refractivity contribution in [1.29, 1.82) is 0 Å². The molecule has 1 aromatic rings. The fourth-order valence-corrected chi connectivity index (χ4v) is 2.67. The standard InChI is InChI=1S/C13H16N2O.ClH/c14-10-6-13(16)15(8-10)12-7-11(12)9-4-2-1-3-5-9;/h1-5,10-12H,6-8,14H2;1H. The van der Waals surface area contributed by atoms with E-state index in [1.54, 1.807) is 0 Å². The van der Waals surface area contributed by atoms with Crippen LogP contribution in [0, 0.1) is 0 Å². The number of nitrogens with zero attached hydrogens (tertiary/aromatic N) is 1. The molecule has 1 heterocycles. The van der Waals surface area contributed by atoms with Crippen LogP contribution >= 0.6 is 12.4 Å². The Bertz CT molecular complexity index is 409. The molecule has 2 fully saturated rings. The number of hydrogen-bond donors (Lipinski definition) is 1. The number of benzene rings is 1. The third-order valence-corrected chi connectivity index (χ3v) is 3.57. The number of carbonyl (C=O) groups excluding carboxylic acids is 1. The number of rotatable bonds is 2. The number of halogens is 1. The van der Waals surface area contributed by atoms with Crippen LogP contribution in [0.1, 0.15) is 24.3 Å². The van der Waals surface area contributed by atoms with Crippen molar-refractivity contribution in [2.45, 2.75) is 30.8 Å². The van der Waals surface area contributed by atoms with Gasteiger partial charge in [0.05, 0.1) is 0 Å². The summed E-state index contributed by atoms with van der Waals surface area (Å²) in [5.41, 5.74) is 7.15. The van der Waals surface area contributed by atoms with Crippen molar-refractivity contribution in [2.24, 2.45) is 5.73 Å². The van der Waals surface area contributed by atoms with E-state index in [0.717, 1.165) is 13.0 Å². The summed E-state index contributed by atoms with van der Waals surface area (Å²) in [6.45, 7) is 0.743. The van der Waals surface area contributed by atoms with Crippen molar-refractivity contribution in [3.05, 3.63) is 35.9 Å². The van der Waals surface area contributed by atoms with Gasteiger partial charge in [-0.05, 0) is 12.0 Å². The van der Waals surface area contributed by atoms with Gasteiger partial charge in [-0.15, -0.1) is 12.4 Å². The molecular weight excluding hydrogens is 236 g/mol. The molecule has 3 nitrogen and oxygen atoms in total. The second-order valence-corrected chi connectivity index (χ2v) is 4.83. The van der Waals surface area contributed by atoms with Gasteiger partial charge in [0.1, 0.15) is 0 Å². The van der Waals surface area contributed by atoms with Gasteiger partial charge < -0.3 is 10.6 Å². The van der Waals surface area contributed by atoms with Gasteiger partial charge in [-0.1, -0.05) is 30.3 Å². The summed E-state index contributed by atoms with van der Waals surface area (Å²) in [5, 5.41) is 0. The van der Waals surface area contributed by atoms with Gasteiger partial charge >= 0.3 is 0 Å². The molecule has 2 aliphatic rings. The number of amides is 1. The Morgan fingerprint density at radius 3 is 2.53 bits per heavy atom. The Hall–Kier alpha value is -1.06.